The largest absolute Gasteiger partial charge is 0.444 e. The van der Waals surface area contributed by atoms with Crippen LogP contribution in [0.3, 0.4) is 0 Å². The van der Waals surface area contributed by atoms with Crippen molar-refractivity contribution >= 4 is 12.2 Å². The Labute approximate surface area is 254 Å². The van der Waals surface area contributed by atoms with E-state index < -0.39 is 23.4 Å². The highest BCUT2D eigenvalue weighted by atomic mass is 16.6. The normalized spacial score (nSPS) is 13.5. The average Bonchev–Trinajstić information content (AvgIpc) is 2.89. The molecule has 2 amide bonds. The van der Waals surface area contributed by atoms with Gasteiger partial charge in [0.25, 0.3) is 0 Å². The van der Waals surface area contributed by atoms with Gasteiger partial charge in [-0.25, -0.2) is 9.59 Å². The monoisotopic (exact) mass is 581 g/mol. The Kier molecular flexibility index (Phi) is 14.3. The standard InChI is InChI=1S/C35H55N3O4/c1-26(2)31(38-33(40)42-35(6,7)8)24-23-30(37-32(39)41-34(3,4)5)25-36-29(21-19-27-15-11-9-12-16-27)22-20-28-17-13-10-14-18-28/h9-18,26,29-31,36H,19-25H2,1-8H3,(H,37,39)(H,38,40)/t30-,31?/m0/s1. The number of aryl methyl sites for hydroxylation is 2. The third-order valence-corrected chi connectivity index (χ3v) is 6.96. The van der Waals surface area contributed by atoms with Gasteiger partial charge in [-0.05, 0) is 97.1 Å². The van der Waals surface area contributed by atoms with E-state index in [1.54, 1.807) is 0 Å². The lowest BCUT2D eigenvalue weighted by molar-refractivity contribution is 0.0463. The first-order valence-corrected chi connectivity index (χ1v) is 15.5. The second-order valence-electron chi connectivity index (χ2n) is 13.6. The second kappa shape index (κ2) is 17.2. The van der Waals surface area contributed by atoms with Crippen molar-refractivity contribution in [1.82, 2.24) is 16.0 Å². The molecule has 234 valence electrons. The van der Waals surface area contributed by atoms with Gasteiger partial charge in [-0.15, -0.1) is 0 Å². The van der Waals surface area contributed by atoms with Gasteiger partial charge in [0.1, 0.15) is 11.2 Å². The maximum Gasteiger partial charge on any atom is 0.407 e. The molecule has 7 heteroatoms. The Morgan fingerprint density at radius 3 is 1.52 bits per heavy atom. The van der Waals surface area contributed by atoms with Crippen molar-refractivity contribution in [2.45, 2.75) is 123 Å². The molecule has 0 radical (unpaired) electrons. The van der Waals surface area contributed by atoms with Crippen molar-refractivity contribution in [3.63, 3.8) is 0 Å². The Hall–Kier alpha value is -3.06. The zero-order chi connectivity index (χ0) is 31.2. The predicted molar refractivity (Wildman–Crippen MR) is 172 cm³/mol. The summed E-state index contributed by atoms with van der Waals surface area (Å²) in [7, 11) is 0. The third kappa shape index (κ3) is 15.8. The number of hydrogen-bond donors (Lipinski definition) is 3. The predicted octanol–water partition coefficient (Wildman–Crippen LogP) is 7.43. The fraction of sp³-hybridized carbons (Fsp3) is 0.600. The van der Waals surface area contributed by atoms with Crippen molar-refractivity contribution in [3.05, 3.63) is 71.8 Å². The highest BCUT2D eigenvalue weighted by Crippen LogP contribution is 2.16. The molecule has 0 aliphatic rings. The van der Waals surface area contributed by atoms with E-state index in [4.69, 9.17) is 9.47 Å². The molecule has 2 atom stereocenters. The average molecular weight is 582 g/mol. The van der Waals surface area contributed by atoms with Crippen LogP contribution in [0.25, 0.3) is 0 Å². The van der Waals surface area contributed by atoms with Crippen LogP contribution < -0.4 is 16.0 Å². The van der Waals surface area contributed by atoms with Crippen molar-refractivity contribution in [3.8, 4) is 0 Å². The lowest BCUT2D eigenvalue weighted by atomic mass is 9.96. The zero-order valence-electron chi connectivity index (χ0n) is 27.2. The minimum atomic E-state index is -0.589. The van der Waals surface area contributed by atoms with Gasteiger partial charge in [0.15, 0.2) is 0 Å². The van der Waals surface area contributed by atoms with Crippen molar-refractivity contribution in [1.29, 1.82) is 0 Å². The number of amides is 2. The molecule has 0 saturated heterocycles. The van der Waals surface area contributed by atoms with Gasteiger partial charge < -0.3 is 25.4 Å². The molecular formula is C35H55N3O4. The summed E-state index contributed by atoms with van der Waals surface area (Å²) in [6, 6.07) is 21.1. The lowest BCUT2D eigenvalue weighted by Crippen LogP contribution is -2.48. The molecular weight excluding hydrogens is 526 g/mol. The van der Waals surface area contributed by atoms with E-state index in [0.717, 1.165) is 25.7 Å². The number of carbonyl (C=O) groups is 2. The van der Waals surface area contributed by atoms with Gasteiger partial charge in [-0.3, -0.25) is 0 Å². The van der Waals surface area contributed by atoms with Crippen molar-refractivity contribution in [2.75, 3.05) is 6.54 Å². The van der Waals surface area contributed by atoms with Gasteiger partial charge in [0, 0.05) is 24.7 Å². The van der Waals surface area contributed by atoms with Gasteiger partial charge in [0.2, 0.25) is 0 Å². The summed E-state index contributed by atoms with van der Waals surface area (Å²) >= 11 is 0. The van der Waals surface area contributed by atoms with Crippen LogP contribution >= 0.6 is 0 Å². The molecule has 42 heavy (non-hydrogen) atoms. The molecule has 3 N–H and O–H groups in total. The molecule has 2 rings (SSSR count). The first-order valence-electron chi connectivity index (χ1n) is 15.5. The Bertz CT molecular complexity index is 1000. The Balaban J connectivity index is 2.10. The molecule has 0 aliphatic carbocycles. The Morgan fingerprint density at radius 1 is 0.643 bits per heavy atom. The SMILES string of the molecule is CC(C)C(CC[C@@H](CNC(CCc1ccccc1)CCc1ccccc1)NC(=O)OC(C)(C)C)NC(=O)OC(C)(C)C. The molecule has 7 nitrogen and oxygen atoms in total. The van der Waals surface area contributed by atoms with Crippen LogP contribution in [0.4, 0.5) is 9.59 Å². The van der Waals surface area contributed by atoms with Crippen LogP contribution in [0.15, 0.2) is 60.7 Å². The number of carbonyl (C=O) groups excluding carboxylic acids is 2. The van der Waals surface area contributed by atoms with Crippen LogP contribution in [0.5, 0.6) is 0 Å². The number of alkyl carbamates (subject to hydrolysis) is 2. The maximum atomic E-state index is 12.8. The van der Waals surface area contributed by atoms with Gasteiger partial charge in [-0.1, -0.05) is 74.5 Å². The number of nitrogens with one attached hydrogen (secondary N) is 3. The van der Waals surface area contributed by atoms with Crippen LogP contribution in [0.2, 0.25) is 0 Å². The fourth-order valence-corrected chi connectivity index (χ4v) is 4.74. The molecule has 0 heterocycles. The second-order valence-corrected chi connectivity index (χ2v) is 13.6. The van der Waals surface area contributed by atoms with E-state index in [1.165, 1.54) is 11.1 Å². The summed E-state index contributed by atoms with van der Waals surface area (Å²) in [4.78, 5) is 25.3. The van der Waals surface area contributed by atoms with Crippen LogP contribution in [0.1, 0.15) is 92.2 Å². The highest BCUT2D eigenvalue weighted by Gasteiger charge is 2.25. The molecule has 0 aromatic heterocycles. The first-order chi connectivity index (χ1) is 19.7. The summed E-state index contributed by atoms with van der Waals surface area (Å²) in [5.41, 5.74) is 1.49. The third-order valence-electron chi connectivity index (χ3n) is 6.96. The number of ether oxygens (including phenoxy) is 2. The first kappa shape index (κ1) is 35.1. The van der Waals surface area contributed by atoms with E-state index in [2.05, 4.69) is 78.3 Å². The molecule has 0 fully saturated rings. The van der Waals surface area contributed by atoms with Crippen LogP contribution in [-0.4, -0.2) is 48.1 Å². The van der Waals surface area contributed by atoms with E-state index in [1.807, 2.05) is 53.7 Å². The number of rotatable bonds is 15. The van der Waals surface area contributed by atoms with E-state index in [9.17, 15) is 9.59 Å². The topological polar surface area (TPSA) is 88.7 Å². The van der Waals surface area contributed by atoms with E-state index >= 15 is 0 Å². The summed E-state index contributed by atoms with van der Waals surface area (Å²) < 4.78 is 11.1. The number of hydrogen-bond acceptors (Lipinski definition) is 5. The van der Waals surface area contributed by atoms with Crippen molar-refractivity contribution < 1.29 is 19.1 Å². The number of benzene rings is 2. The molecule has 0 saturated carbocycles. The van der Waals surface area contributed by atoms with Crippen molar-refractivity contribution in [2.24, 2.45) is 5.92 Å². The molecule has 0 bridgehead atoms. The summed E-state index contributed by atoms with van der Waals surface area (Å²) in [5, 5.41) is 9.90. The summed E-state index contributed by atoms with van der Waals surface area (Å²) in [6.45, 7) is 15.9. The quantitative estimate of drug-likeness (QED) is 0.204. The van der Waals surface area contributed by atoms with Crippen LogP contribution in [0, 0.1) is 5.92 Å². The summed E-state index contributed by atoms with van der Waals surface area (Å²) in [5.74, 6) is 0.206. The molecule has 0 aliphatic heterocycles. The van der Waals surface area contributed by atoms with Gasteiger partial charge in [0.05, 0.1) is 0 Å². The molecule has 1 unspecified atom stereocenters. The Morgan fingerprint density at radius 2 is 1.10 bits per heavy atom. The van der Waals surface area contributed by atoms with Gasteiger partial charge in [-0.2, -0.15) is 0 Å². The highest BCUT2D eigenvalue weighted by molar-refractivity contribution is 5.68. The van der Waals surface area contributed by atoms with E-state index in [-0.39, 0.29) is 24.0 Å². The van der Waals surface area contributed by atoms with Crippen LogP contribution in [-0.2, 0) is 22.3 Å². The smallest absolute Gasteiger partial charge is 0.407 e. The minimum Gasteiger partial charge on any atom is -0.444 e. The molecule has 2 aromatic carbocycles. The fourth-order valence-electron chi connectivity index (χ4n) is 4.74. The molecule has 2 aromatic rings. The lowest BCUT2D eigenvalue weighted by Gasteiger charge is -2.29. The minimum absolute atomic E-state index is 0.0882. The van der Waals surface area contributed by atoms with E-state index in [0.29, 0.717) is 19.4 Å². The summed E-state index contributed by atoms with van der Waals surface area (Å²) in [6.07, 6.45) is 4.46. The molecule has 0 spiro atoms. The maximum absolute atomic E-state index is 12.8. The zero-order valence-corrected chi connectivity index (χ0v) is 27.2. The van der Waals surface area contributed by atoms with Gasteiger partial charge >= 0.3 is 12.2 Å².